The van der Waals surface area contributed by atoms with Crippen LogP contribution < -0.4 is 5.32 Å². The average Bonchev–Trinajstić information content (AvgIpc) is 2.51. The summed E-state index contributed by atoms with van der Waals surface area (Å²) < 4.78 is 24.4. The molecule has 1 aliphatic rings. The van der Waals surface area contributed by atoms with Crippen molar-refractivity contribution in [1.82, 2.24) is 5.32 Å². The van der Waals surface area contributed by atoms with Gasteiger partial charge >= 0.3 is 0 Å². The Morgan fingerprint density at radius 1 is 1.62 bits per heavy atom. The predicted molar refractivity (Wildman–Crippen MR) is 49.4 cm³/mol. The third-order valence-electron chi connectivity index (χ3n) is 2.32. The summed E-state index contributed by atoms with van der Waals surface area (Å²) in [6.07, 6.45) is -2.21. The zero-order valence-corrected chi connectivity index (χ0v) is 7.91. The second-order valence-electron chi connectivity index (χ2n) is 3.26. The van der Waals surface area contributed by atoms with E-state index in [1.54, 1.807) is 11.3 Å². The first kappa shape index (κ1) is 9.09. The highest BCUT2D eigenvalue weighted by molar-refractivity contribution is 7.10. The first-order valence-electron chi connectivity index (χ1n) is 4.32. The fourth-order valence-electron chi connectivity index (χ4n) is 1.73. The van der Waals surface area contributed by atoms with Crippen molar-refractivity contribution in [2.24, 2.45) is 0 Å². The molecule has 0 spiro atoms. The molecule has 0 saturated heterocycles. The van der Waals surface area contributed by atoms with Crippen LogP contribution in [0.25, 0.3) is 0 Å². The molecule has 0 radical (unpaired) electrons. The number of thiophene rings is 1. The second-order valence-corrected chi connectivity index (χ2v) is 4.21. The molecule has 2 rings (SSSR count). The molecular formula is C9H11F2NS. The molecule has 0 bridgehead atoms. The predicted octanol–water partition coefficient (Wildman–Crippen LogP) is 2.59. The van der Waals surface area contributed by atoms with Crippen molar-refractivity contribution >= 4 is 11.3 Å². The summed E-state index contributed by atoms with van der Waals surface area (Å²) in [5.41, 5.74) is 1.20. The maximum absolute atomic E-state index is 12.2. The van der Waals surface area contributed by atoms with E-state index in [0.29, 0.717) is 6.54 Å². The molecule has 1 atom stereocenters. The Morgan fingerprint density at radius 3 is 3.23 bits per heavy atom. The average molecular weight is 203 g/mol. The van der Waals surface area contributed by atoms with Crippen molar-refractivity contribution in [1.29, 1.82) is 0 Å². The van der Waals surface area contributed by atoms with Gasteiger partial charge in [0.25, 0.3) is 0 Å². The molecule has 1 aromatic heterocycles. The van der Waals surface area contributed by atoms with Gasteiger partial charge in [0.2, 0.25) is 6.43 Å². The second kappa shape index (κ2) is 3.72. The number of fused-ring (bicyclic) bond motifs is 1. The van der Waals surface area contributed by atoms with Crippen LogP contribution in [0.1, 0.15) is 22.8 Å². The third kappa shape index (κ3) is 1.89. The topological polar surface area (TPSA) is 12.0 Å². The largest absolute Gasteiger partial charge is 0.312 e. The van der Waals surface area contributed by atoms with Crippen molar-refractivity contribution in [2.75, 3.05) is 6.54 Å². The Kier molecular flexibility index (Phi) is 2.60. The van der Waals surface area contributed by atoms with Crippen LogP contribution in [-0.2, 0) is 6.54 Å². The number of rotatable bonds is 2. The van der Waals surface area contributed by atoms with E-state index in [1.165, 1.54) is 5.56 Å². The summed E-state index contributed by atoms with van der Waals surface area (Å²) >= 11 is 1.60. The van der Waals surface area contributed by atoms with Gasteiger partial charge in [0.1, 0.15) is 0 Å². The van der Waals surface area contributed by atoms with Gasteiger partial charge in [0.15, 0.2) is 0 Å². The highest BCUT2D eigenvalue weighted by Crippen LogP contribution is 2.32. The summed E-state index contributed by atoms with van der Waals surface area (Å²) in [6.45, 7) is 1.52. The summed E-state index contributed by atoms with van der Waals surface area (Å²) in [6, 6.07) is 2.02. The van der Waals surface area contributed by atoms with Gasteiger partial charge in [0.05, 0.1) is 0 Å². The van der Waals surface area contributed by atoms with E-state index in [1.807, 2.05) is 11.4 Å². The molecule has 0 saturated carbocycles. The van der Waals surface area contributed by atoms with Crippen LogP contribution in [0.5, 0.6) is 0 Å². The Bertz CT molecular complexity index is 285. The maximum Gasteiger partial charge on any atom is 0.239 e. The van der Waals surface area contributed by atoms with Crippen LogP contribution in [0, 0.1) is 0 Å². The van der Waals surface area contributed by atoms with Crippen LogP contribution in [0.3, 0.4) is 0 Å². The van der Waals surface area contributed by atoms with Gasteiger partial charge in [-0.15, -0.1) is 11.3 Å². The molecule has 1 nitrogen and oxygen atoms in total. The Morgan fingerprint density at radius 2 is 2.46 bits per heavy atom. The lowest BCUT2D eigenvalue weighted by atomic mass is 9.97. The molecule has 2 heterocycles. The van der Waals surface area contributed by atoms with Gasteiger partial charge in [-0.3, -0.25) is 0 Å². The minimum Gasteiger partial charge on any atom is -0.312 e. The number of hydrogen-bond acceptors (Lipinski definition) is 2. The van der Waals surface area contributed by atoms with Gasteiger partial charge in [-0.25, -0.2) is 8.78 Å². The van der Waals surface area contributed by atoms with Gasteiger partial charge in [-0.2, -0.15) is 0 Å². The monoisotopic (exact) mass is 203 g/mol. The molecule has 1 unspecified atom stereocenters. The smallest absolute Gasteiger partial charge is 0.239 e. The zero-order chi connectivity index (χ0) is 9.26. The molecule has 1 aromatic rings. The van der Waals surface area contributed by atoms with Crippen LogP contribution in [0.15, 0.2) is 11.4 Å². The van der Waals surface area contributed by atoms with Crippen molar-refractivity contribution in [2.45, 2.75) is 25.3 Å². The number of alkyl halides is 2. The standard InChI is InChI=1S/C9H11F2NS/c10-8(11)3-7-5-12-4-6-1-2-13-9(6)7/h1-2,7-8,12H,3-5H2. The summed E-state index contributed by atoms with van der Waals surface area (Å²) in [7, 11) is 0. The lowest BCUT2D eigenvalue weighted by Crippen LogP contribution is -2.27. The zero-order valence-electron chi connectivity index (χ0n) is 7.09. The Hall–Kier alpha value is -0.480. The molecule has 0 aromatic carbocycles. The minimum absolute atomic E-state index is 0.0134. The highest BCUT2D eigenvalue weighted by Gasteiger charge is 2.23. The van der Waals surface area contributed by atoms with E-state index in [-0.39, 0.29) is 12.3 Å². The molecule has 1 aliphatic heterocycles. The van der Waals surface area contributed by atoms with E-state index < -0.39 is 6.43 Å². The van der Waals surface area contributed by atoms with E-state index in [9.17, 15) is 8.78 Å². The van der Waals surface area contributed by atoms with Crippen molar-refractivity contribution < 1.29 is 8.78 Å². The molecule has 4 heteroatoms. The normalized spacial score (nSPS) is 21.9. The first-order valence-corrected chi connectivity index (χ1v) is 5.20. The quantitative estimate of drug-likeness (QED) is 0.779. The van der Waals surface area contributed by atoms with Crippen LogP contribution >= 0.6 is 11.3 Å². The molecule has 0 fully saturated rings. The molecule has 13 heavy (non-hydrogen) atoms. The van der Waals surface area contributed by atoms with Crippen molar-refractivity contribution in [3.8, 4) is 0 Å². The Balaban J connectivity index is 2.15. The number of nitrogens with one attached hydrogen (secondary N) is 1. The fourth-order valence-corrected chi connectivity index (χ4v) is 2.77. The molecule has 0 aliphatic carbocycles. The summed E-state index contributed by atoms with van der Waals surface area (Å²) in [4.78, 5) is 1.15. The Labute approximate surface area is 79.8 Å². The van der Waals surface area contributed by atoms with Gasteiger partial charge < -0.3 is 5.32 Å². The molecule has 72 valence electrons. The van der Waals surface area contributed by atoms with Gasteiger partial charge in [-0.05, 0) is 17.0 Å². The van der Waals surface area contributed by atoms with E-state index in [2.05, 4.69) is 5.32 Å². The third-order valence-corrected chi connectivity index (χ3v) is 3.44. The summed E-state index contributed by atoms with van der Waals surface area (Å²) in [5.74, 6) is 0.0174. The molecule has 0 amide bonds. The fraction of sp³-hybridized carbons (Fsp3) is 0.556. The van der Waals surface area contributed by atoms with Gasteiger partial charge in [0, 0.05) is 30.3 Å². The minimum atomic E-state index is -2.19. The van der Waals surface area contributed by atoms with E-state index in [0.717, 1.165) is 11.4 Å². The summed E-state index contributed by atoms with van der Waals surface area (Å²) in [5, 5.41) is 5.14. The lowest BCUT2D eigenvalue weighted by molar-refractivity contribution is 0.126. The SMILES string of the molecule is FC(F)CC1CNCc2ccsc21. The van der Waals surface area contributed by atoms with Crippen LogP contribution in [0.2, 0.25) is 0 Å². The van der Waals surface area contributed by atoms with Crippen LogP contribution in [0.4, 0.5) is 8.78 Å². The number of halogens is 2. The first-order chi connectivity index (χ1) is 6.27. The van der Waals surface area contributed by atoms with Gasteiger partial charge in [-0.1, -0.05) is 0 Å². The molecular weight excluding hydrogens is 192 g/mol. The van der Waals surface area contributed by atoms with Crippen molar-refractivity contribution in [3.05, 3.63) is 21.9 Å². The maximum atomic E-state index is 12.2. The lowest BCUT2D eigenvalue weighted by Gasteiger charge is -2.22. The highest BCUT2D eigenvalue weighted by atomic mass is 32.1. The molecule has 1 N–H and O–H groups in total. The van der Waals surface area contributed by atoms with Crippen LogP contribution in [-0.4, -0.2) is 13.0 Å². The number of hydrogen-bond donors (Lipinski definition) is 1. The van der Waals surface area contributed by atoms with Crippen molar-refractivity contribution in [3.63, 3.8) is 0 Å². The van der Waals surface area contributed by atoms with E-state index >= 15 is 0 Å². The van der Waals surface area contributed by atoms with E-state index in [4.69, 9.17) is 0 Å².